The average molecular weight is 437 g/mol. The Morgan fingerprint density at radius 1 is 0.636 bits per heavy atom. The van der Waals surface area contributed by atoms with E-state index in [4.69, 9.17) is 9.97 Å². The van der Waals surface area contributed by atoms with Gasteiger partial charge >= 0.3 is 0 Å². The molecule has 4 aromatic rings. The second-order valence-electron chi connectivity index (χ2n) is 11.8. The maximum Gasteiger partial charge on any atom is 0.128 e. The van der Waals surface area contributed by atoms with E-state index in [9.17, 15) is 0 Å². The van der Waals surface area contributed by atoms with Crippen molar-refractivity contribution >= 4 is 0 Å². The molecule has 0 unspecified atom stereocenters. The summed E-state index contributed by atoms with van der Waals surface area (Å²) in [4.78, 5) is 10.7. The van der Waals surface area contributed by atoms with E-state index in [-0.39, 0.29) is 16.2 Å². The van der Waals surface area contributed by atoms with E-state index in [1.54, 1.807) is 0 Å². The minimum absolute atomic E-state index is 0.0287. The van der Waals surface area contributed by atoms with Gasteiger partial charge in [0, 0.05) is 23.2 Å². The molecule has 4 heterocycles. The Hall–Kier alpha value is -3.14. The SMILES string of the molecule is CC(C)(C)c1cn2c(n1)C1(Cc3ccccc3-2)Cc2ccccc2-n2cc(C(C)(C)C)nc21. The Balaban J connectivity index is 1.69. The fourth-order valence-electron chi connectivity index (χ4n) is 5.45. The number of imidazole rings is 2. The summed E-state index contributed by atoms with van der Waals surface area (Å²) in [5.41, 5.74) is 7.09. The Bertz CT molecular complexity index is 1280. The van der Waals surface area contributed by atoms with Crippen LogP contribution in [0.25, 0.3) is 11.4 Å². The van der Waals surface area contributed by atoms with E-state index in [0.717, 1.165) is 35.9 Å². The van der Waals surface area contributed by atoms with Crippen molar-refractivity contribution in [2.75, 3.05) is 0 Å². The second kappa shape index (κ2) is 6.47. The molecule has 0 amide bonds. The summed E-state index contributed by atoms with van der Waals surface area (Å²) in [5, 5.41) is 0. The summed E-state index contributed by atoms with van der Waals surface area (Å²) >= 11 is 0. The first-order valence-corrected chi connectivity index (χ1v) is 12.0. The lowest BCUT2D eigenvalue weighted by Gasteiger charge is -2.41. The molecule has 1 spiro atoms. The molecular formula is C29H32N4. The molecule has 2 aromatic heterocycles. The quantitative estimate of drug-likeness (QED) is 0.336. The van der Waals surface area contributed by atoms with Gasteiger partial charge in [0.15, 0.2) is 0 Å². The highest BCUT2D eigenvalue weighted by Crippen LogP contribution is 2.48. The van der Waals surface area contributed by atoms with Crippen LogP contribution in [0.15, 0.2) is 60.9 Å². The smallest absolute Gasteiger partial charge is 0.128 e. The minimum atomic E-state index is -0.310. The molecule has 33 heavy (non-hydrogen) atoms. The molecule has 2 aromatic carbocycles. The van der Waals surface area contributed by atoms with Crippen LogP contribution in [0.1, 0.15) is 75.7 Å². The van der Waals surface area contributed by atoms with Crippen LogP contribution in [-0.4, -0.2) is 19.1 Å². The van der Waals surface area contributed by atoms with Gasteiger partial charge in [0.25, 0.3) is 0 Å². The van der Waals surface area contributed by atoms with Gasteiger partial charge in [-0.3, -0.25) is 0 Å². The fraction of sp³-hybridized carbons (Fsp3) is 0.379. The number of hydrogen-bond donors (Lipinski definition) is 0. The maximum absolute atomic E-state index is 5.35. The molecule has 0 radical (unpaired) electrons. The first-order chi connectivity index (χ1) is 15.6. The summed E-state index contributed by atoms with van der Waals surface area (Å²) in [6.45, 7) is 13.5. The third kappa shape index (κ3) is 2.89. The zero-order valence-electron chi connectivity index (χ0n) is 20.5. The molecule has 168 valence electrons. The van der Waals surface area contributed by atoms with Crippen LogP contribution in [0.5, 0.6) is 0 Å². The topological polar surface area (TPSA) is 35.6 Å². The van der Waals surface area contributed by atoms with Crippen LogP contribution in [0, 0.1) is 0 Å². The van der Waals surface area contributed by atoms with Gasteiger partial charge < -0.3 is 9.13 Å². The van der Waals surface area contributed by atoms with Crippen LogP contribution in [-0.2, 0) is 29.1 Å². The number of rotatable bonds is 0. The van der Waals surface area contributed by atoms with Crippen LogP contribution in [0.3, 0.4) is 0 Å². The predicted octanol–water partition coefficient (Wildman–Crippen LogP) is 6.05. The fourth-order valence-corrected chi connectivity index (χ4v) is 5.45. The molecule has 0 saturated heterocycles. The number of nitrogens with zero attached hydrogens (tertiary/aromatic N) is 4. The summed E-state index contributed by atoms with van der Waals surface area (Å²) in [6.07, 6.45) is 6.32. The lowest BCUT2D eigenvalue weighted by Crippen LogP contribution is -2.44. The number of para-hydroxylation sites is 2. The van der Waals surface area contributed by atoms with Crippen molar-refractivity contribution in [1.29, 1.82) is 0 Å². The van der Waals surface area contributed by atoms with E-state index in [1.165, 1.54) is 22.5 Å². The molecule has 0 fully saturated rings. The highest BCUT2D eigenvalue weighted by Gasteiger charge is 2.49. The maximum atomic E-state index is 5.35. The number of hydrogen-bond acceptors (Lipinski definition) is 2. The van der Waals surface area contributed by atoms with E-state index >= 15 is 0 Å². The van der Waals surface area contributed by atoms with Crippen LogP contribution < -0.4 is 0 Å². The van der Waals surface area contributed by atoms with E-state index in [0.29, 0.717) is 0 Å². The summed E-state index contributed by atoms with van der Waals surface area (Å²) < 4.78 is 4.70. The third-order valence-electron chi connectivity index (χ3n) is 7.29. The van der Waals surface area contributed by atoms with Gasteiger partial charge in [-0.2, -0.15) is 0 Å². The molecule has 0 aliphatic carbocycles. The van der Waals surface area contributed by atoms with Gasteiger partial charge in [0.2, 0.25) is 0 Å². The molecule has 6 rings (SSSR count). The highest BCUT2D eigenvalue weighted by molar-refractivity contribution is 5.57. The highest BCUT2D eigenvalue weighted by atomic mass is 15.2. The van der Waals surface area contributed by atoms with Gasteiger partial charge in [-0.05, 0) is 36.1 Å². The normalized spacial score (nSPS) is 16.2. The van der Waals surface area contributed by atoms with Crippen molar-refractivity contribution in [3.8, 4) is 11.4 Å². The summed E-state index contributed by atoms with van der Waals surface area (Å²) in [6, 6.07) is 17.6. The van der Waals surface area contributed by atoms with E-state index in [2.05, 4.69) is 112 Å². The number of aromatic nitrogens is 4. The predicted molar refractivity (Wildman–Crippen MR) is 133 cm³/mol. The Morgan fingerprint density at radius 3 is 1.42 bits per heavy atom. The van der Waals surface area contributed by atoms with E-state index < -0.39 is 0 Å². The molecule has 0 atom stereocenters. The van der Waals surface area contributed by atoms with Gasteiger partial charge in [-0.15, -0.1) is 0 Å². The van der Waals surface area contributed by atoms with Crippen molar-refractivity contribution in [2.45, 2.75) is 70.6 Å². The minimum Gasteiger partial charge on any atom is -0.302 e. The largest absolute Gasteiger partial charge is 0.302 e. The Kier molecular flexibility index (Phi) is 4.01. The molecule has 0 bridgehead atoms. The summed E-state index contributed by atoms with van der Waals surface area (Å²) in [7, 11) is 0. The van der Waals surface area contributed by atoms with Gasteiger partial charge in [0.05, 0.1) is 28.2 Å². The first kappa shape index (κ1) is 20.5. The lowest BCUT2D eigenvalue weighted by molar-refractivity contribution is 0.405. The molecule has 2 aliphatic heterocycles. The zero-order chi connectivity index (χ0) is 23.2. The third-order valence-corrected chi connectivity index (χ3v) is 7.29. The van der Waals surface area contributed by atoms with Crippen LogP contribution in [0.2, 0.25) is 0 Å². The van der Waals surface area contributed by atoms with Crippen LogP contribution >= 0.6 is 0 Å². The van der Waals surface area contributed by atoms with E-state index in [1.807, 2.05) is 0 Å². The summed E-state index contributed by atoms with van der Waals surface area (Å²) in [5.74, 6) is 2.24. The lowest BCUT2D eigenvalue weighted by atomic mass is 9.71. The number of fused-ring (bicyclic) bond motifs is 8. The van der Waals surface area contributed by atoms with Gasteiger partial charge in [-0.25, -0.2) is 9.97 Å². The Morgan fingerprint density at radius 2 is 1.03 bits per heavy atom. The zero-order valence-corrected chi connectivity index (χ0v) is 20.5. The van der Waals surface area contributed by atoms with Crippen molar-refractivity contribution in [1.82, 2.24) is 19.1 Å². The molecule has 0 saturated carbocycles. The van der Waals surface area contributed by atoms with Gasteiger partial charge in [-0.1, -0.05) is 77.9 Å². The van der Waals surface area contributed by atoms with Crippen molar-refractivity contribution in [3.63, 3.8) is 0 Å². The molecule has 4 nitrogen and oxygen atoms in total. The number of benzene rings is 2. The Labute approximate surface area is 196 Å². The molecular weight excluding hydrogens is 404 g/mol. The van der Waals surface area contributed by atoms with Crippen molar-refractivity contribution in [2.24, 2.45) is 0 Å². The van der Waals surface area contributed by atoms with Crippen molar-refractivity contribution < 1.29 is 0 Å². The molecule has 2 aliphatic rings. The monoisotopic (exact) mass is 436 g/mol. The van der Waals surface area contributed by atoms with Crippen LogP contribution in [0.4, 0.5) is 0 Å². The molecule has 0 N–H and O–H groups in total. The van der Waals surface area contributed by atoms with Crippen molar-refractivity contribution in [3.05, 3.63) is 95.1 Å². The van der Waals surface area contributed by atoms with Gasteiger partial charge in [0.1, 0.15) is 11.6 Å². The molecule has 4 heteroatoms. The standard InChI is InChI=1S/C29H32N4/c1-27(2,3)23-17-32-21-13-9-7-11-19(21)15-29(25(32)30-23)16-20-12-8-10-14-22(20)33-18-24(28(4,5)6)31-26(29)33/h7-14,17-18H,15-16H2,1-6H3. The second-order valence-corrected chi connectivity index (χ2v) is 11.8. The first-order valence-electron chi connectivity index (χ1n) is 12.0. The average Bonchev–Trinajstić information content (AvgIpc) is 3.40.